The summed E-state index contributed by atoms with van der Waals surface area (Å²) in [5.74, 6) is 1.03. The Balaban J connectivity index is 1.55. The summed E-state index contributed by atoms with van der Waals surface area (Å²) < 4.78 is 11.5. The average Bonchev–Trinajstić information content (AvgIpc) is 3.14. The molecule has 3 aromatic rings. The number of aliphatic imine (C=N–C) groups is 1. The van der Waals surface area contributed by atoms with E-state index in [0.29, 0.717) is 43.2 Å². The van der Waals surface area contributed by atoms with Crippen LogP contribution in [0, 0.1) is 0 Å². The second-order valence-corrected chi connectivity index (χ2v) is 10.2. The van der Waals surface area contributed by atoms with E-state index in [-0.39, 0.29) is 12.5 Å². The van der Waals surface area contributed by atoms with Crippen molar-refractivity contribution in [1.29, 1.82) is 0 Å². The van der Waals surface area contributed by atoms with Gasteiger partial charge in [-0.15, -0.1) is 0 Å². The molecule has 0 bridgehead atoms. The summed E-state index contributed by atoms with van der Waals surface area (Å²) in [6.07, 6.45) is 2.65. The third kappa shape index (κ3) is 6.37. The first-order chi connectivity index (χ1) is 17.4. The van der Waals surface area contributed by atoms with Crippen LogP contribution in [-0.2, 0) is 11.4 Å². The van der Waals surface area contributed by atoms with Gasteiger partial charge < -0.3 is 9.47 Å². The quantitative estimate of drug-likeness (QED) is 0.260. The number of halogens is 3. The highest BCUT2D eigenvalue weighted by Crippen LogP contribution is 2.36. The van der Waals surface area contributed by atoms with Crippen LogP contribution in [0.15, 0.2) is 70.6 Å². The molecule has 36 heavy (non-hydrogen) atoms. The molecule has 5 nitrogen and oxygen atoms in total. The van der Waals surface area contributed by atoms with Crippen LogP contribution in [0.4, 0.5) is 5.69 Å². The van der Waals surface area contributed by atoms with Gasteiger partial charge in [0.15, 0.2) is 16.7 Å². The minimum absolute atomic E-state index is 0.0776. The van der Waals surface area contributed by atoms with Gasteiger partial charge >= 0.3 is 0 Å². The number of amidine groups is 1. The number of nitrogens with zero attached hydrogens (tertiary/aromatic N) is 2. The molecule has 0 spiro atoms. The molecule has 0 atom stereocenters. The Morgan fingerprint density at radius 1 is 0.972 bits per heavy atom. The van der Waals surface area contributed by atoms with E-state index < -0.39 is 0 Å². The molecular formula is C27H23Cl3N2O3S. The predicted molar refractivity (Wildman–Crippen MR) is 150 cm³/mol. The Morgan fingerprint density at radius 3 is 2.42 bits per heavy atom. The average molecular weight is 562 g/mol. The highest BCUT2D eigenvalue weighted by Gasteiger charge is 2.32. The van der Waals surface area contributed by atoms with Crippen molar-refractivity contribution in [1.82, 2.24) is 4.90 Å². The van der Waals surface area contributed by atoms with Gasteiger partial charge in [-0.2, -0.15) is 0 Å². The van der Waals surface area contributed by atoms with E-state index in [0.717, 1.165) is 23.2 Å². The molecule has 4 rings (SSSR count). The zero-order valence-electron chi connectivity index (χ0n) is 19.6. The van der Waals surface area contributed by atoms with Crippen molar-refractivity contribution >= 4 is 69.4 Å². The molecule has 0 aromatic heterocycles. The molecule has 9 heteroatoms. The number of rotatable bonds is 8. The fourth-order valence-electron chi connectivity index (χ4n) is 3.48. The Hall–Kier alpha value is -2.64. The predicted octanol–water partition coefficient (Wildman–Crippen LogP) is 8.25. The number of ether oxygens (including phenoxy) is 2. The van der Waals surface area contributed by atoms with Crippen LogP contribution in [0.25, 0.3) is 6.08 Å². The number of amides is 1. The van der Waals surface area contributed by atoms with Gasteiger partial charge in [0.25, 0.3) is 5.91 Å². The Labute approximate surface area is 229 Å². The summed E-state index contributed by atoms with van der Waals surface area (Å²) >= 11 is 19.6. The van der Waals surface area contributed by atoms with Gasteiger partial charge in [-0.3, -0.25) is 9.69 Å². The summed E-state index contributed by atoms with van der Waals surface area (Å²) in [5, 5.41) is 2.38. The number of hydrogen-bond donors (Lipinski definition) is 0. The first-order valence-corrected chi connectivity index (χ1v) is 13.1. The molecule has 1 aliphatic rings. The Bertz CT molecular complexity index is 1330. The van der Waals surface area contributed by atoms with Crippen LogP contribution in [0.3, 0.4) is 0 Å². The number of methoxy groups -OCH3 is 1. The van der Waals surface area contributed by atoms with Gasteiger partial charge in [0.1, 0.15) is 6.61 Å². The second-order valence-electron chi connectivity index (χ2n) is 7.87. The topological polar surface area (TPSA) is 51.1 Å². The van der Waals surface area contributed by atoms with Crippen molar-refractivity contribution < 1.29 is 14.3 Å². The molecule has 1 aliphatic heterocycles. The molecule has 0 saturated carbocycles. The maximum atomic E-state index is 13.1. The first kappa shape index (κ1) is 26.4. The van der Waals surface area contributed by atoms with Crippen LogP contribution in [0.1, 0.15) is 24.5 Å². The van der Waals surface area contributed by atoms with E-state index in [9.17, 15) is 4.79 Å². The Kier molecular flexibility index (Phi) is 8.86. The fourth-order valence-corrected chi connectivity index (χ4v) is 5.09. The molecular weight excluding hydrogens is 539 g/mol. The van der Waals surface area contributed by atoms with E-state index in [4.69, 9.17) is 44.3 Å². The van der Waals surface area contributed by atoms with Gasteiger partial charge in [0, 0.05) is 27.2 Å². The van der Waals surface area contributed by atoms with Crippen LogP contribution in [0.5, 0.6) is 11.5 Å². The van der Waals surface area contributed by atoms with Crippen LogP contribution >= 0.6 is 46.6 Å². The molecule has 1 heterocycles. The smallest absolute Gasteiger partial charge is 0.266 e. The lowest BCUT2D eigenvalue weighted by molar-refractivity contribution is -0.122. The number of thioether (sulfide) groups is 1. The lowest BCUT2D eigenvalue weighted by Gasteiger charge is -2.14. The van der Waals surface area contributed by atoms with Gasteiger partial charge in [-0.25, -0.2) is 4.99 Å². The molecule has 186 valence electrons. The van der Waals surface area contributed by atoms with E-state index in [1.807, 2.05) is 49.4 Å². The maximum Gasteiger partial charge on any atom is 0.266 e. The van der Waals surface area contributed by atoms with Crippen LogP contribution in [0.2, 0.25) is 15.1 Å². The molecule has 0 N–H and O–H groups in total. The van der Waals surface area contributed by atoms with E-state index >= 15 is 0 Å². The summed E-state index contributed by atoms with van der Waals surface area (Å²) in [6, 6.07) is 18.0. The van der Waals surface area contributed by atoms with Crippen LogP contribution in [-0.4, -0.2) is 29.6 Å². The van der Waals surface area contributed by atoms with Crippen molar-refractivity contribution in [3.05, 3.63) is 91.8 Å². The second kappa shape index (κ2) is 12.1. The van der Waals surface area contributed by atoms with Gasteiger partial charge in [0.2, 0.25) is 0 Å². The zero-order chi connectivity index (χ0) is 25.7. The van der Waals surface area contributed by atoms with Gasteiger partial charge in [-0.05, 0) is 78.4 Å². The normalized spacial score (nSPS) is 15.7. The molecule has 1 saturated heterocycles. The lowest BCUT2D eigenvalue weighted by atomic mass is 10.1. The van der Waals surface area contributed by atoms with Crippen molar-refractivity contribution in [2.45, 2.75) is 20.0 Å². The molecule has 1 amide bonds. The molecule has 1 fully saturated rings. The largest absolute Gasteiger partial charge is 0.493 e. The third-order valence-electron chi connectivity index (χ3n) is 5.27. The molecule has 0 aliphatic carbocycles. The van der Waals surface area contributed by atoms with Crippen molar-refractivity contribution in [3.8, 4) is 11.5 Å². The summed E-state index contributed by atoms with van der Waals surface area (Å²) in [6.45, 7) is 2.87. The van der Waals surface area contributed by atoms with Crippen molar-refractivity contribution in [3.63, 3.8) is 0 Å². The fraction of sp³-hybridized carbons (Fsp3) is 0.185. The van der Waals surface area contributed by atoms with Gasteiger partial charge in [-0.1, -0.05) is 53.9 Å². The van der Waals surface area contributed by atoms with E-state index in [1.165, 1.54) is 11.8 Å². The SMILES string of the molecule is CCCN1C(=O)/C(=C/c2ccc(OCc3ccc(Cl)cc3Cl)c(OC)c2)SC1=Nc1ccc(Cl)cc1. The van der Waals surface area contributed by atoms with E-state index in [2.05, 4.69) is 4.99 Å². The van der Waals surface area contributed by atoms with Crippen molar-refractivity contribution in [2.75, 3.05) is 13.7 Å². The summed E-state index contributed by atoms with van der Waals surface area (Å²) in [5.41, 5.74) is 2.36. The third-order valence-corrected chi connectivity index (χ3v) is 7.12. The Morgan fingerprint density at radius 2 is 1.72 bits per heavy atom. The highest BCUT2D eigenvalue weighted by molar-refractivity contribution is 8.18. The number of carbonyl (C=O) groups is 1. The minimum atomic E-state index is -0.0776. The van der Waals surface area contributed by atoms with E-state index in [1.54, 1.807) is 36.3 Å². The highest BCUT2D eigenvalue weighted by atomic mass is 35.5. The van der Waals surface area contributed by atoms with Crippen molar-refractivity contribution in [2.24, 2.45) is 4.99 Å². The summed E-state index contributed by atoms with van der Waals surface area (Å²) in [4.78, 5) is 20.1. The monoisotopic (exact) mass is 560 g/mol. The number of hydrogen-bond acceptors (Lipinski definition) is 5. The number of benzene rings is 3. The minimum Gasteiger partial charge on any atom is -0.493 e. The first-order valence-electron chi connectivity index (χ1n) is 11.2. The summed E-state index contributed by atoms with van der Waals surface area (Å²) in [7, 11) is 1.57. The lowest BCUT2D eigenvalue weighted by Crippen LogP contribution is -2.29. The molecule has 0 radical (unpaired) electrons. The zero-order valence-corrected chi connectivity index (χ0v) is 22.7. The molecule has 3 aromatic carbocycles. The molecule has 0 unspecified atom stereocenters. The van der Waals surface area contributed by atoms with Crippen LogP contribution < -0.4 is 9.47 Å². The standard InChI is InChI=1S/C27H23Cl3N2O3S/c1-3-12-32-26(33)25(36-27(32)31-21-9-7-19(28)8-10-21)14-17-4-11-23(24(13-17)34-2)35-16-18-5-6-20(29)15-22(18)30/h4-11,13-15H,3,12,16H2,1-2H3/b25-14-,31-27?. The van der Waals surface area contributed by atoms with Gasteiger partial charge in [0.05, 0.1) is 17.7 Å². The maximum absolute atomic E-state index is 13.1. The number of carbonyl (C=O) groups excluding carboxylic acids is 1.